The molecule has 1 saturated heterocycles. The van der Waals surface area contributed by atoms with E-state index in [1.807, 2.05) is 6.92 Å². The Morgan fingerprint density at radius 3 is 2.80 bits per heavy atom. The molecule has 0 aromatic heterocycles. The summed E-state index contributed by atoms with van der Waals surface area (Å²) in [5, 5.41) is 0. The Morgan fingerprint density at radius 1 is 1.60 bits per heavy atom. The molecule has 0 bridgehead atoms. The van der Waals surface area contributed by atoms with Crippen LogP contribution in [0.5, 0.6) is 0 Å². The van der Waals surface area contributed by atoms with E-state index in [9.17, 15) is 8.42 Å². The van der Waals surface area contributed by atoms with Gasteiger partial charge in [0.05, 0.1) is 18.1 Å². The Bertz CT molecular complexity index is 279. The van der Waals surface area contributed by atoms with Crippen LogP contribution in [0.15, 0.2) is 0 Å². The first-order chi connectivity index (χ1) is 7.09. The van der Waals surface area contributed by atoms with E-state index in [2.05, 4.69) is 5.43 Å². The van der Waals surface area contributed by atoms with E-state index in [0.29, 0.717) is 19.6 Å². The van der Waals surface area contributed by atoms with Gasteiger partial charge in [-0.3, -0.25) is 11.3 Å². The second-order valence-electron chi connectivity index (χ2n) is 4.01. The molecule has 2 unspecified atom stereocenters. The van der Waals surface area contributed by atoms with Gasteiger partial charge in [-0.2, -0.15) is 0 Å². The van der Waals surface area contributed by atoms with Gasteiger partial charge >= 0.3 is 0 Å². The molecule has 5 nitrogen and oxygen atoms in total. The second-order valence-corrected chi connectivity index (χ2v) is 6.24. The van der Waals surface area contributed by atoms with Crippen LogP contribution in [-0.4, -0.2) is 39.2 Å². The summed E-state index contributed by atoms with van der Waals surface area (Å²) in [7, 11) is -2.83. The van der Waals surface area contributed by atoms with E-state index in [0.717, 1.165) is 6.42 Å². The van der Waals surface area contributed by atoms with Crippen molar-refractivity contribution < 1.29 is 13.2 Å². The molecule has 3 N–H and O–H groups in total. The molecule has 15 heavy (non-hydrogen) atoms. The maximum Gasteiger partial charge on any atom is 0.150 e. The first-order valence-electron chi connectivity index (χ1n) is 5.33. The van der Waals surface area contributed by atoms with Gasteiger partial charge in [-0.1, -0.05) is 6.92 Å². The third-order valence-corrected chi connectivity index (χ3v) is 4.49. The average molecular weight is 236 g/mol. The number of hydrazine groups is 1. The summed E-state index contributed by atoms with van der Waals surface area (Å²) in [5.41, 5.74) is 2.65. The van der Waals surface area contributed by atoms with Crippen LogP contribution < -0.4 is 11.3 Å². The van der Waals surface area contributed by atoms with Crippen molar-refractivity contribution in [2.24, 2.45) is 11.8 Å². The minimum absolute atomic E-state index is 0.0474. The summed E-state index contributed by atoms with van der Waals surface area (Å²) in [5.74, 6) is 6.01. The molecular formula is C9H20N2O3S. The van der Waals surface area contributed by atoms with Crippen LogP contribution in [0.2, 0.25) is 0 Å². The molecule has 6 heteroatoms. The Balaban J connectivity index is 2.39. The predicted octanol–water partition coefficient (Wildman–Crippen LogP) is -0.320. The molecule has 0 amide bonds. The molecular weight excluding hydrogens is 216 g/mol. The second kappa shape index (κ2) is 5.79. The molecule has 0 aromatic carbocycles. The van der Waals surface area contributed by atoms with Crippen LogP contribution in [0.3, 0.4) is 0 Å². The monoisotopic (exact) mass is 236 g/mol. The third kappa shape index (κ3) is 4.06. The Hall–Kier alpha value is -0.170. The van der Waals surface area contributed by atoms with Gasteiger partial charge in [0.15, 0.2) is 9.84 Å². The Morgan fingerprint density at radius 2 is 2.33 bits per heavy atom. The van der Waals surface area contributed by atoms with Crippen molar-refractivity contribution in [2.45, 2.75) is 25.8 Å². The van der Waals surface area contributed by atoms with Crippen molar-refractivity contribution in [3.05, 3.63) is 0 Å². The lowest BCUT2D eigenvalue weighted by molar-refractivity contribution is 0.0969. The van der Waals surface area contributed by atoms with Crippen molar-refractivity contribution in [1.29, 1.82) is 0 Å². The van der Waals surface area contributed by atoms with Gasteiger partial charge in [-0.15, -0.1) is 0 Å². The number of nitrogens with two attached hydrogens (primary N) is 1. The molecule has 1 rings (SSSR count). The lowest BCUT2D eigenvalue weighted by atomic mass is 10.0. The highest BCUT2D eigenvalue weighted by Crippen LogP contribution is 2.21. The average Bonchev–Trinajstić information content (AvgIpc) is 2.54. The van der Waals surface area contributed by atoms with Crippen LogP contribution >= 0.6 is 0 Å². The van der Waals surface area contributed by atoms with Gasteiger partial charge in [0, 0.05) is 12.6 Å². The van der Waals surface area contributed by atoms with Gasteiger partial charge in [0.2, 0.25) is 0 Å². The number of sulfone groups is 1. The Kier molecular flexibility index (Phi) is 4.98. The quantitative estimate of drug-likeness (QED) is 0.375. The van der Waals surface area contributed by atoms with Gasteiger partial charge in [0.1, 0.15) is 0 Å². The van der Waals surface area contributed by atoms with E-state index in [4.69, 9.17) is 10.6 Å². The van der Waals surface area contributed by atoms with E-state index in [1.165, 1.54) is 0 Å². The van der Waals surface area contributed by atoms with E-state index in [1.54, 1.807) is 0 Å². The lowest BCUT2D eigenvalue weighted by Gasteiger charge is -2.21. The highest BCUT2D eigenvalue weighted by Gasteiger charge is 2.33. The van der Waals surface area contributed by atoms with E-state index >= 15 is 0 Å². The standard InChI is InChI=1S/C9H20N2O3S/c1-2-4-14-6-9(11-10)8-3-5-15(12,13)7-8/h8-9,11H,2-7,10H2,1H3. The van der Waals surface area contributed by atoms with Crippen molar-refractivity contribution in [3.8, 4) is 0 Å². The van der Waals surface area contributed by atoms with Crippen molar-refractivity contribution >= 4 is 9.84 Å². The third-order valence-electron chi connectivity index (χ3n) is 2.70. The summed E-state index contributed by atoms with van der Waals surface area (Å²) in [6, 6.07) is -0.0474. The van der Waals surface area contributed by atoms with Crippen LogP contribution in [-0.2, 0) is 14.6 Å². The fourth-order valence-corrected chi connectivity index (χ4v) is 3.70. The van der Waals surface area contributed by atoms with E-state index in [-0.39, 0.29) is 23.5 Å². The number of nitrogens with one attached hydrogen (secondary N) is 1. The number of ether oxygens (including phenoxy) is 1. The highest BCUT2D eigenvalue weighted by molar-refractivity contribution is 7.91. The molecule has 1 aliphatic heterocycles. The van der Waals surface area contributed by atoms with Crippen molar-refractivity contribution in [2.75, 3.05) is 24.7 Å². The van der Waals surface area contributed by atoms with E-state index < -0.39 is 9.84 Å². The molecule has 0 radical (unpaired) electrons. The normalized spacial score (nSPS) is 26.7. The first kappa shape index (κ1) is 12.9. The maximum atomic E-state index is 11.3. The number of hydrogen-bond donors (Lipinski definition) is 2. The molecule has 90 valence electrons. The number of rotatable bonds is 6. The summed E-state index contributed by atoms with van der Waals surface area (Å²) in [6.07, 6.45) is 1.65. The molecule has 1 fully saturated rings. The fraction of sp³-hybridized carbons (Fsp3) is 1.00. The van der Waals surface area contributed by atoms with Crippen LogP contribution in [0, 0.1) is 5.92 Å². The number of hydrogen-bond acceptors (Lipinski definition) is 5. The lowest BCUT2D eigenvalue weighted by Crippen LogP contribution is -2.44. The SMILES string of the molecule is CCCOCC(NN)C1CCS(=O)(=O)C1. The smallest absolute Gasteiger partial charge is 0.150 e. The zero-order valence-electron chi connectivity index (χ0n) is 9.11. The van der Waals surface area contributed by atoms with Gasteiger partial charge < -0.3 is 4.74 Å². The van der Waals surface area contributed by atoms with Gasteiger partial charge in [0.25, 0.3) is 0 Å². The summed E-state index contributed by atoms with van der Waals surface area (Å²) in [6.45, 7) is 3.22. The van der Waals surface area contributed by atoms with Crippen molar-refractivity contribution in [1.82, 2.24) is 5.43 Å². The topological polar surface area (TPSA) is 81.4 Å². The molecule has 0 saturated carbocycles. The van der Waals surface area contributed by atoms with Crippen LogP contribution in [0.25, 0.3) is 0 Å². The summed E-state index contributed by atoms with van der Waals surface area (Å²) in [4.78, 5) is 0. The molecule has 0 aromatic rings. The summed E-state index contributed by atoms with van der Waals surface area (Å²) >= 11 is 0. The minimum atomic E-state index is -2.83. The molecule has 1 aliphatic rings. The van der Waals surface area contributed by atoms with Gasteiger partial charge in [-0.05, 0) is 18.8 Å². The molecule has 1 heterocycles. The summed E-state index contributed by atoms with van der Waals surface area (Å²) < 4.78 is 27.9. The fourth-order valence-electron chi connectivity index (χ4n) is 1.82. The van der Waals surface area contributed by atoms with Gasteiger partial charge in [-0.25, -0.2) is 8.42 Å². The largest absolute Gasteiger partial charge is 0.380 e. The van der Waals surface area contributed by atoms with Crippen LogP contribution in [0.4, 0.5) is 0 Å². The Labute approximate surface area is 91.3 Å². The zero-order valence-corrected chi connectivity index (χ0v) is 9.92. The predicted molar refractivity (Wildman–Crippen MR) is 59.0 cm³/mol. The molecule has 0 spiro atoms. The first-order valence-corrected chi connectivity index (χ1v) is 7.15. The minimum Gasteiger partial charge on any atom is -0.380 e. The molecule has 0 aliphatic carbocycles. The van der Waals surface area contributed by atoms with Crippen LogP contribution in [0.1, 0.15) is 19.8 Å². The zero-order chi connectivity index (χ0) is 11.3. The van der Waals surface area contributed by atoms with Crippen molar-refractivity contribution in [3.63, 3.8) is 0 Å². The molecule has 2 atom stereocenters. The highest BCUT2D eigenvalue weighted by atomic mass is 32.2. The maximum absolute atomic E-state index is 11.3.